The number of ether oxygens (including phenoxy) is 4. The van der Waals surface area contributed by atoms with E-state index in [2.05, 4.69) is 41.8 Å². The van der Waals surface area contributed by atoms with Crippen LogP contribution in [-0.2, 0) is 70.9 Å². The van der Waals surface area contributed by atoms with E-state index in [0.29, 0.717) is 120 Å². The molecule has 0 spiro atoms. The molecule has 10 rings (SSSR count). The number of carbonyl (C=O) groups is 4. The van der Waals surface area contributed by atoms with Crippen LogP contribution in [0.15, 0.2) is 159 Å². The van der Waals surface area contributed by atoms with Crippen LogP contribution in [0.3, 0.4) is 0 Å². The van der Waals surface area contributed by atoms with Crippen molar-refractivity contribution >= 4 is 86.2 Å². The van der Waals surface area contributed by atoms with E-state index in [4.69, 9.17) is 40.0 Å². The topological polar surface area (TPSA) is 244 Å². The zero-order chi connectivity index (χ0) is 84.9. The molecule has 0 fully saturated rings. The third-order valence-corrected chi connectivity index (χ3v) is 12.2. The molecule has 0 atom stereocenters. The van der Waals surface area contributed by atoms with Crippen LogP contribution in [0.5, 0.6) is 23.0 Å². The van der Waals surface area contributed by atoms with Crippen LogP contribution in [-0.4, -0.2) is 79.3 Å². The second-order valence-electron chi connectivity index (χ2n) is 20.8. The van der Waals surface area contributed by atoms with Crippen molar-refractivity contribution in [1.29, 1.82) is 21.0 Å². The minimum Gasteiger partial charge on any atom is -0.492 e. The molecule has 0 aliphatic heterocycles. The summed E-state index contributed by atoms with van der Waals surface area (Å²) in [7, 11) is -42.6. The van der Waals surface area contributed by atoms with E-state index in [-0.39, 0.29) is 79.0 Å². The van der Waals surface area contributed by atoms with E-state index in [0.717, 1.165) is 11.4 Å². The van der Waals surface area contributed by atoms with Gasteiger partial charge in [0.25, 0.3) is 0 Å². The smallest absolute Gasteiger partial charge is 0.492 e. The first-order valence-electron chi connectivity index (χ1n) is 29.5. The molecule has 0 unspecified atom stereocenters. The van der Waals surface area contributed by atoms with Crippen LogP contribution < -0.4 is 28.1 Å². The molecule has 8 aromatic rings. The van der Waals surface area contributed by atoms with Gasteiger partial charge in [0.05, 0.1) is 71.1 Å². The minimum atomic E-state index is -10.7. The molecule has 2 aliphatic carbocycles. The number of carbonyl (C=O) groups excluding carboxylic acids is 4. The Balaban J connectivity index is 0. The molecule has 0 N–H and O–H groups in total. The summed E-state index contributed by atoms with van der Waals surface area (Å²) in [6, 6.07) is 39.2. The first-order valence-corrected chi connectivity index (χ1v) is 39.9. The Morgan fingerprint density at radius 3 is 0.795 bits per heavy atom. The van der Waals surface area contributed by atoms with Crippen molar-refractivity contribution in [2.24, 2.45) is 0 Å². The summed E-state index contributed by atoms with van der Waals surface area (Å²) in [6.45, 7) is 9.69. The van der Waals surface area contributed by atoms with E-state index in [9.17, 15) is 120 Å². The van der Waals surface area contributed by atoms with Crippen LogP contribution in [0.2, 0.25) is 0 Å². The summed E-state index contributed by atoms with van der Waals surface area (Å²) in [5.74, 6) is 0.687. The fourth-order valence-corrected chi connectivity index (χ4v) is 8.67. The molecular formula is C62H58Ag2Br2F24N10O8P4. The Labute approximate surface area is 668 Å². The first-order chi connectivity index (χ1) is 49.8. The molecule has 0 saturated heterocycles. The normalized spacial score (nSPS) is 13.7. The molecule has 628 valence electrons. The number of hydrogen-bond acceptors (Lipinski definition) is 14. The van der Waals surface area contributed by atoms with Crippen molar-refractivity contribution in [3.63, 3.8) is 0 Å². The Kier molecular flexibility index (Phi) is 37.6. The number of fused-ring (bicyclic) bond motifs is 4. The third kappa shape index (κ3) is 51.5. The summed E-state index contributed by atoms with van der Waals surface area (Å²) in [6.07, 6.45) is 15.4. The Hall–Kier alpha value is -8.08. The number of nitrogens with zero attached hydrogens (tertiary/aromatic N) is 10. The largest absolute Gasteiger partial charge is 1.00 e. The van der Waals surface area contributed by atoms with Gasteiger partial charge in [0.15, 0.2) is 11.6 Å². The molecule has 4 aromatic heterocycles. The number of halogens is 26. The number of imidazole rings is 2. The second-order valence-corrected chi connectivity index (χ2v) is 30.1. The summed E-state index contributed by atoms with van der Waals surface area (Å²) in [4.78, 5) is 62.2. The molecule has 2 aliphatic rings. The Morgan fingerprint density at radius 2 is 0.589 bits per heavy atom. The fraction of sp³-hybridized carbons (Fsp3) is 0.226. The quantitative estimate of drug-likeness (QED) is 0.0255. The van der Waals surface area contributed by atoms with Gasteiger partial charge in [-0.25, -0.2) is 18.3 Å². The zero-order valence-electron chi connectivity index (χ0n) is 57.0. The molecule has 0 amide bonds. The number of pyridine rings is 2. The molecule has 0 saturated carbocycles. The van der Waals surface area contributed by atoms with Crippen molar-refractivity contribution in [1.82, 2.24) is 19.1 Å². The van der Waals surface area contributed by atoms with Crippen LogP contribution in [0.4, 0.5) is 101 Å². The average molecular weight is 2030 g/mol. The fourth-order valence-electron chi connectivity index (χ4n) is 8.35. The zero-order valence-corrected chi connectivity index (χ0v) is 66.8. The average Bonchev–Trinajstić information content (AvgIpc) is 0.783. The van der Waals surface area contributed by atoms with E-state index < -0.39 is 31.2 Å². The summed E-state index contributed by atoms with van der Waals surface area (Å²) in [5, 5.41) is 30.5. The van der Waals surface area contributed by atoms with Gasteiger partial charge < -0.3 is 18.9 Å². The van der Waals surface area contributed by atoms with Gasteiger partial charge in [0, 0.05) is 73.0 Å². The Morgan fingerprint density at radius 1 is 0.366 bits per heavy atom. The SMILES string of the molecule is CC#N.CC#N.CC#N.CC#N.F[P-](F)(F)(F)(F)F.F[P-](F)(F)(F)(F)F.F[P-](F)(F)(F)(F)F.F[P-](F)(F)(F)(F)F.O=C1c2cccc(OCCBr)c2C(=O)c2c(OCCn3cc[n+](Cc4ccccn4)c3)cccc21.O=C1c2cccc(OCCBr)c2C(=O)c2c(OCCn3cc[n+](Cc4ccccn4)c3)cccc21.[Ag+].[Ag+]. The molecule has 50 heteroatoms. The summed E-state index contributed by atoms with van der Waals surface area (Å²) < 4.78 is 268. The van der Waals surface area contributed by atoms with Gasteiger partial charge in [-0.1, -0.05) is 92.5 Å². The van der Waals surface area contributed by atoms with Crippen molar-refractivity contribution in [2.75, 3.05) is 37.1 Å². The van der Waals surface area contributed by atoms with Gasteiger partial charge in [-0.05, 0) is 48.5 Å². The standard InChI is InChI=1S/2C27H23BrN3O4.4C2H3N.2Ag.4F6P/c2*28-10-15-34-22-8-3-6-20-24(22)27(33)25-21(26(20)32)7-4-9-23(25)35-16-14-30-12-13-31(18-30)17-19-5-1-2-11-29-19;4*1-2-3;;;4*1-7(2,3,4,5)6/h2*1-9,11-13,18H,10,14-17H2;4*1H3;;;;;;/q2*+1;;;;;2*+1;4*-1. The maximum absolute atomic E-state index is 13.5. The molecule has 18 nitrogen and oxygen atoms in total. The number of hydrogen-bond donors (Lipinski definition) is 0. The van der Waals surface area contributed by atoms with Gasteiger partial charge in [0.1, 0.15) is 87.2 Å². The third-order valence-electron chi connectivity index (χ3n) is 11.5. The van der Waals surface area contributed by atoms with Gasteiger partial charge in [-0.2, -0.15) is 21.0 Å². The van der Waals surface area contributed by atoms with Crippen molar-refractivity contribution in [2.45, 2.75) is 53.9 Å². The molecule has 0 bridgehead atoms. The summed E-state index contributed by atoms with van der Waals surface area (Å²) >= 11 is 6.66. The first kappa shape index (κ1) is 106. The molecular weight excluding hydrogens is 1970 g/mol. The maximum atomic E-state index is 13.5. The molecule has 112 heavy (non-hydrogen) atoms. The van der Waals surface area contributed by atoms with Gasteiger partial charge in [0.2, 0.25) is 24.2 Å². The predicted octanol–water partition coefficient (Wildman–Crippen LogP) is 23.3. The number of alkyl halides is 2. The predicted molar refractivity (Wildman–Crippen MR) is 364 cm³/mol. The van der Waals surface area contributed by atoms with E-state index in [1.807, 2.05) is 92.1 Å². The van der Waals surface area contributed by atoms with Crippen LogP contribution >= 0.6 is 63.1 Å². The van der Waals surface area contributed by atoms with Crippen LogP contribution in [0, 0.1) is 45.3 Å². The van der Waals surface area contributed by atoms with Crippen LogP contribution in [0.25, 0.3) is 0 Å². The van der Waals surface area contributed by atoms with Gasteiger partial charge in [-0.15, -0.1) is 0 Å². The number of aromatic nitrogens is 6. The van der Waals surface area contributed by atoms with Crippen molar-refractivity contribution in [3.05, 3.63) is 215 Å². The maximum Gasteiger partial charge on any atom is 1.00 e. The van der Waals surface area contributed by atoms with E-state index >= 15 is 0 Å². The number of ketones is 4. The number of nitriles is 4. The molecule has 4 aromatic carbocycles. The van der Waals surface area contributed by atoms with E-state index in [1.54, 1.807) is 109 Å². The molecule has 4 heterocycles. The second kappa shape index (κ2) is 39.8. The van der Waals surface area contributed by atoms with Crippen LogP contribution in [0.1, 0.15) is 103 Å². The number of benzene rings is 4. The van der Waals surface area contributed by atoms with Gasteiger partial charge in [-0.3, -0.25) is 29.1 Å². The monoisotopic (exact) mass is 2020 g/mol. The summed E-state index contributed by atoms with van der Waals surface area (Å²) in [5.41, 5.74) is 4.54. The Bertz CT molecular complexity index is 4260. The number of rotatable bonds is 18. The molecule has 0 radical (unpaired) electrons. The van der Waals surface area contributed by atoms with Crippen molar-refractivity contribution in [3.8, 4) is 47.3 Å². The van der Waals surface area contributed by atoms with E-state index in [1.165, 1.54) is 27.7 Å². The minimum absolute atomic E-state index is 0. The van der Waals surface area contributed by atoms with Crippen molar-refractivity contribution < 1.29 is 193 Å². The van der Waals surface area contributed by atoms with Gasteiger partial charge >= 0.3 is 177 Å².